The molecule has 4 nitrogen and oxygen atoms in total. The highest BCUT2D eigenvalue weighted by Crippen LogP contribution is 2.28. The quantitative estimate of drug-likeness (QED) is 0.914. The third kappa shape index (κ3) is 3.70. The Kier molecular flexibility index (Phi) is 4.09. The number of hydrogen-bond acceptors (Lipinski definition) is 3. The molecule has 0 aliphatic carbocycles. The smallest absolute Gasteiger partial charge is 0.250 e. The fraction of sp³-hybridized carbons (Fsp3) is 0.538. The van der Waals surface area contributed by atoms with Crippen molar-refractivity contribution in [2.45, 2.75) is 31.7 Å². The Morgan fingerprint density at radius 2 is 2.11 bits per heavy atom. The van der Waals surface area contributed by atoms with Crippen molar-refractivity contribution < 1.29 is 13.6 Å². The van der Waals surface area contributed by atoms with Crippen LogP contribution in [-0.2, 0) is 4.79 Å². The van der Waals surface area contributed by atoms with Gasteiger partial charge >= 0.3 is 0 Å². The molecule has 1 aliphatic heterocycles. The van der Waals surface area contributed by atoms with Gasteiger partial charge in [0.25, 0.3) is 5.92 Å². The van der Waals surface area contributed by atoms with Gasteiger partial charge in [0, 0.05) is 32.1 Å². The number of amides is 1. The average Bonchev–Trinajstić information content (AvgIpc) is 2.39. The summed E-state index contributed by atoms with van der Waals surface area (Å²) in [6, 6.07) is 4.79. The monoisotopic (exact) mass is 269 g/mol. The van der Waals surface area contributed by atoms with Crippen molar-refractivity contribution in [3.8, 4) is 0 Å². The number of hydrogen-bond donors (Lipinski definition) is 1. The van der Waals surface area contributed by atoms with Gasteiger partial charge in [-0.05, 0) is 19.1 Å². The predicted molar refractivity (Wildman–Crippen MR) is 68.1 cm³/mol. The maximum Gasteiger partial charge on any atom is 0.250 e. The van der Waals surface area contributed by atoms with Crippen molar-refractivity contribution in [2.75, 3.05) is 18.4 Å². The van der Waals surface area contributed by atoms with E-state index in [9.17, 15) is 13.6 Å². The van der Waals surface area contributed by atoms with Crippen LogP contribution in [0.4, 0.5) is 14.6 Å². The molecule has 1 aromatic rings. The molecule has 1 fully saturated rings. The third-order valence-corrected chi connectivity index (χ3v) is 3.37. The summed E-state index contributed by atoms with van der Waals surface area (Å²) in [4.78, 5) is 17.8. The lowest BCUT2D eigenvalue weighted by Crippen LogP contribution is -2.48. The first-order chi connectivity index (χ1) is 8.98. The maximum atomic E-state index is 13.1. The predicted octanol–water partition coefficient (Wildman–Crippen LogP) is 2.14. The van der Waals surface area contributed by atoms with Crippen LogP contribution in [0.3, 0.4) is 0 Å². The van der Waals surface area contributed by atoms with Crippen LogP contribution in [0.15, 0.2) is 24.4 Å². The van der Waals surface area contributed by atoms with Crippen LogP contribution < -0.4 is 5.32 Å². The summed E-state index contributed by atoms with van der Waals surface area (Å²) < 4.78 is 26.1. The normalized spacial score (nSPS) is 20.8. The second-order valence-corrected chi connectivity index (χ2v) is 4.77. The number of carbonyl (C=O) groups is 1. The molecule has 1 unspecified atom stereocenters. The van der Waals surface area contributed by atoms with E-state index in [2.05, 4.69) is 10.3 Å². The number of aromatic nitrogens is 1. The number of carbonyl (C=O) groups excluding carboxylic acids is 1. The molecular formula is C13H17F2N3O. The lowest BCUT2D eigenvalue weighted by Gasteiger charge is -2.34. The Morgan fingerprint density at radius 1 is 1.42 bits per heavy atom. The lowest BCUT2D eigenvalue weighted by molar-refractivity contribution is -0.124. The highest BCUT2D eigenvalue weighted by Gasteiger charge is 2.36. The first-order valence-electron chi connectivity index (χ1n) is 6.32. The number of pyridine rings is 1. The first-order valence-corrected chi connectivity index (χ1v) is 6.32. The van der Waals surface area contributed by atoms with Crippen LogP contribution in [0.2, 0.25) is 0 Å². The Labute approximate surface area is 110 Å². The Balaban J connectivity index is 1.89. The van der Waals surface area contributed by atoms with Gasteiger partial charge < -0.3 is 5.32 Å². The van der Waals surface area contributed by atoms with Gasteiger partial charge in [-0.2, -0.15) is 0 Å². The Morgan fingerprint density at radius 3 is 2.68 bits per heavy atom. The van der Waals surface area contributed by atoms with Crippen molar-refractivity contribution >= 4 is 11.7 Å². The molecule has 1 N–H and O–H groups in total. The van der Waals surface area contributed by atoms with E-state index in [4.69, 9.17) is 0 Å². The molecule has 0 radical (unpaired) electrons. The summed E-state index contributed by atoms with van der Waals surface area (Å²) in [5.74, 6) is -2.33. The van der Waals surface area contributed by atoms with E-state index >= 15 is 0 Å². The van der Waals surface area contributed by atoms with Crippen molar-refractivity contribution in [3.63, 3.8) is 0 Å². The molecule has 1 saturated heterocycles. The van der Waals surface area contributed by atoms with Crippen molar-refractivity contribution in [1.29, 1.82) is 0 Å². The summed E-state index contributed by atoms with van der Waals surface area (Å²) in [6.07, 6.45) is 1.21. The molecule has 0 bridgehead atoms. The molecule has 1 atom stereocenters. The van der Waals surface area contributed by atoms with E-state index in [0.29, 0.717) is 5.82 Å². The number of alkyl halides is 2. The Bertz CT molecular complexity index is 429. The third-order valence-electron chi connectivity index (χ3n) is 3.37. The zero-order valence-electron chi connectivity index (χ0n) is 10.8. The summed E-state index contributed by atoms with van der Waals surface area (Å²) >= 11 is 0. The van der Waals surface area contributed by atoms with E-state index in [-0.39, 0.29) is 31.8 Å². The van der Waals surface area contributed by atoms with Gasteiger partial charge in [0.15, 0.2) is 0 Å². The van der Waals surface area contributed by atoms with Gasteiger partial charge in [0.2, 0.25) is 5.91 Å². The average molecular weight is 269 g/mol. The molecule has 1 aromatic heterocycles. The van der Waals surface area contributed by atoms with E-state index in [1.165, 1.54) is 0 Å². The number of halogens is 2. The topological polar surface area (TPSA) is 45.2 Å². The second kappa shape index (κ2) is 5.61. The zero-order valence-corrected chi connectivity index (χ0v) is 10.8. The largest absolute Gasteiger partial charge is 0.309 e. The number of nitrogens with zero attached hydrogens (tertiary/aromatic N) is 2. The molecule has 1 aliphatic rings. The van der Waals surface area contributed by atoms with Gasteiger partial charge in [-0.3, -0.25) is 9.69 Å². The summed E-state index contributed by atoms with van der Waals surface area (Å²) in [7, 11) is 0. The highest BCUT2D eigenvalue weighted by atomic mass is 19.3. The molecule has 0 spiro atoms. The molecule has 104 valence electrons. The van der Waals surface area contributed by atoms with Gasteiger partial charge in [-0.15, -0.1) is 0 Å². The maximum absolute atomic E-state index is 13.1. The standard InChI is InChI=1S/C13H17F2N3O/c1-10(18-8-5-13(14,15)6-9-18)12(19)17-11-4-2-3-7-16-11/h2-4,7,10H,5-6,8-9H2,1H3,(H,16,17,19). The van der Waals surface area contributed by atoms with Crippen LogP contribution in [0.25, 0.3) is 0 Å². The molecule has 6 heteroatoms. The van der Waals surface area contributed by atoms with Crippen LogP contribution >= 0.6 is 0 Å². The first kappa shape index (κ1) is 13.9. The molecule has 2 heterocycles. The second-order valence-electron chi connectivity index (χ2n) is 4.77. The minimum atomic E-state index is -2.59. The van der Waals surface area contributed by atoms with Crippen LogP contribution in [0.1, 0.15) is 19.8 Å². The van der Waals surface area contributed by atoms with E-state index in [1.54, 1.807) is 36.2 Å². The summed E-state index contributed by atoms with van der Waals surface area (Å²) in [5, 5.41) is 2.68. The van der Waals surface area contributed by atoms with E-state index in [1.807, 2.05) is 0 Å². The van der Waals surface area contributed by atoms with Gasteiger partial charge in [0.1, 0.15) is 5.82 Å². The minimum Gasteiger partial charge on any atom is -0.309 e. The SMILES string of the molecule is CC(C(=O)Nc1ccccn1)N1CCC(F)(F)CC1. The number of piperidine rings is 1. The van der Waals surface area contributed by atoms with Gasteiger partial charge in [0.05, 0.1) is 6.04 Å². The fourth-order valence-electron chi connectivity index (χ4n) is 2.07. The number of likely N-dealkylation sites (tertiary alicyclic amines) is 1. The summed E-state index contributed by atoms with van der Waals surface area (Å²) in [5.41, 5.74) is 0. The Hall–Kier alpha value is -1.56. The minimum absolute atomic E-state index is 0.186. The lowest BCUT2D eigenvalue weighted by atomic mass is 10.0. The highest BCUT2D eigenvalue weighted by molar-refractivity contribution is 5.93. The molecule has 1 amide bonds. The van der Waals surface area contributed by atoms with E-state index < -0.39 is 12.0 Å². The van der Waals surface area contributed by atoms with Crippen molar-refractivity contribution in [3.05, 3.63) is 24.4 Å². The van der Waals surface area contributed by atoms with Crippen LogP contribution in [-0.4, -0.2) is 40.8 Å². The number of nitrogens with one attached hydrogen (secondary N) is 1. The summed E-state index contributed by atoms with van der Waals surface area (Å²) in [6.45, 7) is 2.20. The number of anilines is 1. The molecule has 19 heavy (non-hydrogen) atoms. The molecule has 2 rings (SSSR count). The van der Waals surface area contributed by atoms with Gasteiger partial charge in [-0.1, -0.05) is 6.07 Å². The fourth-order valence-corrected chi connectivity index (χ4v) is 2.07. The van der Waals surface area contributed by atoms with Crippen molar-refractivity contribution in [1.82, 2.24) is 9.88 Å². The van der Waals surface area contributed by atoms with E-state index in [0.717, 1.165) is 0 Å². The molecule has 0 saturated carbocycles. The van der Waals surface area contributed by atoms with Gasteiger partial charge in [-0.25, -0.2) is 13.8 Å². The van der Waals surface area contributed by atoms with Crippen LogP contribution in [0.5, 0.6) is 0 Å². The number of rotatable bonds is 3. The van der Waals surface area contributed by atoms with Crippen molar-refractivity contribution in [2.24, 2.45) is 0 Å². The zero-order chi connectivity index (χ0) is 13.9. The molecular weight excluding hydrogens is 252 g/mol. The molecule has 0 aromatic carbocycles. The van der Waals surface area contributed by atoms with Crippen LogP contribution in [0, 0.1) is 0 Å².